The van der Waals surface area contributed by atoms with E-state index in [1.807, 2.05) is 54.6 Å². The van der Waals surface area contributed by atoms with Gasteiger partial charge in [-0.3, -0.25) is 9.00 Å². The molecule has 128 valence electrons. The van der Waals surface area contributed by atoms with Crippen LogP contribution in [0.1, 0.15) is 10.8 Å². The fraction of sp³-hybridized carbons (Fsp3) is 0.111. The van der Waals surface area contributed by atoms with Crippen molar-refractivity contribution in [2.24, 2.45) is 0 Å². The summed E-state index contributed by atoms with van der Waals surface area (Å²) >= 11 is 3.39. The van der Waals surface area contributed by atoms with Gasteiger partial charge in [0.2, 0.25) is 0 Å². The lowest BCUT2D eigenvalue weighted by Crippen LogP contribution is -2.16. The van der Waals surface area contributed by atoms with Gasteiger partial charge in [-0.15, -0.1) is 0 Å². The predicted molar refractivity (Wildman–Crippen MR) is 101 cm³/mol. The molecule has 1 heterocycles. The molecule has 2 atom stereocenters. The summed E-state index contributed by atoms with van der Waals surface area (Å²) < 4.78 is 14.6. The fourth-order valence-corrected chi connectivity index (χ4v) is 3.66. The lowest BCUT2D eigenvalue weighted by atomic mass is 10.1. The van der Waals surface area contributed by atoms with E-state index in [1.54, 1.807) is 10.9 Å². The van der Waals surface area contributed by atoms with Gasteiger partial charge < -0.3 is 5.11 Å². The maximum atomic E-state index is 12.1. The van der Waals surface area contributed by atoms with Crippen molar-refractivity contribution in [3.8, 4) is 16.9 Å². The van der Waals surface area contributed by atoms with Crippen LogP contribution in [0, 0.1) is 0 Å². The van der Waals surface area contributed by atoms with E-state index in [2.05, 4.69) is 21.0 Å². The molecule has 1 aromatic heterocycles. The maximum absolute atomic E-state index is 12.1. The second-order valence-electron chi connectivity index (χ2n) is 5.44. The Morgan fingerprint density at radius 1 is 1.16 bits per heavy atom. The average molecular weight is 419 g/mol. The first-order valence-corrected chi connectivity index (χ1v) is 9.85. The molecule has 0 radical (unpaired) electrons. The van der Waals surface area contributed by atoms with Crippen molar-refractivity contribution in [2.45, 2.75) is 5.25 Å². The van der Waals surface area contributed by atoms with Crippen molar-refractivity contribution in [3.05, 3.63) is 70.8 Å². The lowest BCUT2D eigenvalue weighted by Gasteiger charge is -2.09. The highest BCUT2D eigenvalue weighted by Gasteiger charge is 2.29. The SMILES string of the molecule is CS(=O)C(C(=O)O)c1cn(-c2ccccc2)nc1-c1ccc(Br)cc1. The van der Waals surface area contributed by atoms with E-state index in [0.717, 1.165) is 15.7 Å². The van der Waals surface area contributed by atoms with Crippen molar-refractivity contribution in [3.63, 3.8) is 0 Å². The quantitative estimate of drug-likeness (QED) is 0.683. The number of carbonyl (C=O) groups is 1. The Balaban J connectivity index is 2.20. The number of rotatable bonds is 5. The number of hydrogen-bond donors (Lipinski definition) is 1. The molecule has 3 rings (SSSR count). The van der Waals surface area contributed by atoms with E-state index in [1.165, 1.54) is 6.26 Å². The summed E-state index contributed by atoms with van der Waals surface area (Å²) in [7, 11) is -1.58. The molecule has 7 heteroatoms. The molecular weight excluding hydrogens is 404 g/mol. The molecular formula is C18H15BrN2O3S. The number of halogens is 1. The largest absolute Gasteiger partial charge is 0.480 e. The monoisotopic (exact) mass is 418 g/mol. The second-order valence-corrected chi connectivity index (χ2v) is 7.82. The smallest absolute Gasteiger partial charge is 0.323 e. The van der Waals surface area contributed by atoms with Gasteiger partial charge >= 0.3 is 5.97 Å². The van der Waals surface area contributed by atoms with Crippen LogP contribution in [0.15, 0.2) is 65.3 Å². The Kier molecular flexibility index (Phi) is 5.15. The summed E-state index contributed by atoms with van der Waals surface area (Å²) in [6.45, 7) is 0. The fourth-order valence-electron chi connectivity index (χ4n) is 2.58. The Labute approximate surface area is 155 Å². The molecule has 2 unspecified atom stereocenters. The number of nitrogens with zero attached hydrogens (tertiary/aromatic N) is 2. The number of aromatic nitrogens is 2. The van der Waals surface area contributed by atoms with Crippen LogP contribution in [0.4, 0.5) is 0 Å². The van der Waals surface area contributed by atoms with E-state index in [-0.39, 0.29) is 0 Å². The summed E-state index contributed by atoms with van der Waals surface area (Å²) in [6, 6.07) is 16.8. The van der Waals surface area contributed by atoms with Crippen LogP contribution < -0.4 is 0 Å². The molecule has 5 nitrogen and oxygen atoms in total. The molecule has 3 aromatic rings. The normalized spacial score (nSPS) is 13.4. The minimum Gasteiger partial charge on any atom is -0.480 e. The highest BCUT2D eigenvalue weighted by atomic mass is 79.9. The second kappa shape index (κ2) is 7.33. The molecule has 0 spiro atoms. The first-order valence-electron chi connectivity index (χ1n) is 7.43. The predicted octanol–water partition coefficient (Wildman–Crippen LogP) is 3.81. The topological polar surface area (TPSA) is 72.2 Å². The highest BCUT2D eigenvalue weighted by molar-refractivity contribution is 9.10. The number of hydrogen-bond acceptors (Lipinski definition) is 3. The third-order valence-corrected chi connectivity index (χ3v) is 5.37. The van der Waals surface area contributed by atoms with Gasteiger partial charge in [0.1, 0.15) is 0 Å². The summed E-state index contributed by atoms with van der Waals surface area (Å²) in [4.78, 5) is 11.7. The minimum atomic E-state index is -1.58. The number of carboxylic acid groups (broad SMARTS) is 1. The standard InChI is InChI=1S/C18H15BrN2O3S/c1-25(24)17(18(22)23)15-11-21(14-5-3-2-4-6-14)20-16(15)12-7-9-13(19)10-8-12/h2-11,17H,1H3,(H,22,23). The van der Waals surface area contributed by atoms with Gasteiger partial charge in [0.15, 0.2) is 5.25 Å². The third-order valence-electron chi connectivity index (χ3n) is 3.72. The van der Waals surface area contributed by atoms with Crippen LogP contribution in [-0.2, 0) is 15.6 Å². The highest BCUT2D eigenvalue weighted by Crippen LogP contribution is 2.32. The molecule has 0 aliphatic carbocycles. The Hall–Kier alpha value is -2.25. The van der Waals surface area contributed by atoms with Crippen LogP contribution in [0.5, 0.6) is 0 Å². The van der Waals surface area contributed by atoms with Crippen molar-refractivity contribution in [2.75, 3.05) is 6.26 Å². The van der Waals surface area contributed by atoms with E-state index in [0.29, 0.717) is 11.3 Å². The zero-order chi connectivity index (χ0) is 18.0. The minimum absolute atomic E-state index is 0.430. The third kappa shape index (κ3) is 3.72. The van der Waals surface area contributed by atoms with Crippen molar-refractivity contribution in [1.29, 1.82) is 0 Å². The zero-order valence-electron chi connectivity index (χ0n) is 13.3. The first-order chi connectivity index (χ1) is 12.0. The van der Waals surface area contributed by atoms with E-state index < -0.39 is 22.0 Å². The maximum Gasteiger partial charge on any atom is 0.323 e. The van der Waals surface area contributed by atoms with Gasteiger partial charge in [0.25, 0.3) is 0 Å². The Morgan fingerprint density at radius 2 is 1.80 bits per heavy atom. The summed E-state index contributed by atoms with van der Waals surface area (Å²) in [5, 5.41) is 13.0. The van der Waals surface area contributed by atoms with Gasteiger partial charge in [0.05, 0.1) is 11.4 Å². The molecule has 0 fully saturated rings. The summed E-state index contributed by atoms with van der Waals surface area (Å²) in [5.74, 6) is -1.13. The van der Waals surface area contributed by atoms with Crippen molar-refractivity contribution in [1.82, 2.24) is 9.78 Å². The van der Waals surface area contributed by atoms with E-state index in [9.17, 15) is 14.1 Å². The van der Waals surface area contributed by atoms with Gasteiger partial charge in [-0.2, -0.15) is 5.10 Å². The average Bonchev–Trinajstić information content (AvgIpc) is 3.00. The van der Waals surface area contributed by atoms with Crippen molar-refractivity contribution >= 4 is 32.7 Å². The number of benzene rings is 2. The van der Waals surface area contributed by atoms with Crippen LogP contribution in [0.3, 0.4) is 0 Å². The molecule has 0 aliphatic rings. The zero-order valence-corrected chi connectivity index (χ0v) is 15.7. The van der Waals surface area contributed by atoms with Gasteiger partial charge in [-0.05, 0) is 24.3 Å². The number of carboxylic acids is 1. The Bertz CT molecular complexity index is 909. The van der Waals surface area contributed by atoms with Crippen LogP contribution in [0.25, 0.3) is 16.9 Å². The lowest BCUT2D eigenvalue weighted by molar-refractivity contribution is -0.136. The van der Waals surface area contributed by atoms with Gasteiger partial charge in [-0.25, -0.2) is 4.68 Å². The molecule has 1 N–H and O–H groups in total. The summed E-state index contributed by atoms with van der Waals surface area (Å²) in [6.07, 6.45) is 3.04. The van der Waals surface area contributed by atoms with Crippen LogP contribution >= 0.6 is 15.9 Å². The van der Waals surface area contributed by atoms with Crippen molar-refractivity contribution < 1.29 is 14.1 Å². The summed E-state index contributed by atoms with van der Waals surface area (Å²) in [5.41, 5.74) is 2.51. The molecule has 0 saturated carbocycles. The molecule has 25 heavy (non-hydrogen) atoms. The van der Waals surface area contributed by atoms with E-state index >= 15 is 0 Å². The molecule has 0 amide bonds. The number of para-hydroxylation sites is 1. The number of aliphatic carboxylic acids is 1. The molecule has 2 aromatic carbocycles. The van der Waals surface area contributed by atoms with E-state index in [4.69, 9.17) is 0 Å². The Morgan fingerprint density at radius 3 is 2.36 bits per heavy atom. The van der Waals surface area contributed by atoms with Crippen LogP contribution in [0.2, 0.25) is 0 Å². The van der Waals surface area contributed by atoms with Crippen LogP contribution in [-0.4, -0.2) is 31.3 Å². The first kappa shape index (κ1) is 17.6. The molecule has 0 aliphatic heterocycles. The van der Waals surface area contributed by atoms with Gasteiger partial charge in [0, 0.05) is 38.9 Å². The molecule has 0 saturated heterocycles. The van der Waals surface area contributed by atoms with Gasteiger partial charge in [-0.1, -0.05) is 46.3 Å². The molecule has 0 bridgehead atoms.